The number of rotatable bonds is 10. The summed E-state index contributed by atoms with van der Waals surface area (Å²) in [6, 6.07) is 9.83. The molecule has 1 atom stereocenters. The number of carbonyl (C=O) groups excluding carboxylic acids is 1. The zero-order valence-corrected chi connectivity index (χ0v) is 12.6. The fraction of sp³-hybridized carbons (Fsp3) is 0.588. The number of amides is 1. The molecule has 0 heterocycles. The molecule has 0 bridgehead atoms. The van der Waals surface area contributed by atoms with Gasteiger partial charge in [-0.05, 0) is 37.2 Å². The number of hydrogen-bond acceptors (Lipinski definition) is 3. The highest BCUT2D eigenvalue weighted by atomic mass is 16.5. The van der Waals surface area contributed by atoms with Crippen molar-refractivity contribution in [3.05, 3.63) is 35.9 Å². The monoisotopic (exact) mass is 290 g/mol. The van der Waals surface area contributed by atoms with Gasteiger partial charge in [0, 0.05) is 32.2 Å². The minimum atomic E-state index is -0.0705. The molecule has 1 unspecified atom stereocenters. The quantitative estimate of drug-likeness (QED) is 0.650. The average Bonchev–Trinajstić information content (AvgIpc) is 3.33. The minimum absolute atomic E-state index is 0.0705. The Morgan fingerprint density at radius 2 is 2.10 bits per heavy atom. The van der Waals surface area contributed by atoms with Crippen molar-refractivity contribution < 1.29 is 9.53 Å². The summed E-state index contributed by atoms with van der Waals surface area (Å²) in [5.41, 5.74) is 7.15. The van der Waals surface area contributed by atoms with Gasteiger partial charge in [-0.3, -0.25) is 4.79 Å². The van der Waals surface area contributed by atoms with Gasteiger partial charge in [-0.1, -0.05) is 30.3 Å². The summed E-state index contributed by atoms with van der Waals surface area (Å²) in [4.78, 5) is 11.7. The van der Waals surface area contributed by atoms with E-state index in [9.17, 15) is 4.79 Å². The fourth-order valence-corrected chi connectivity index (χ4v) is 2.18. The molecule has 0 spiro atoms. The van der Waals surface area contributed by atoms with Crippen LogP contribution in [-0.4, -0.2) is 25.7 Å². The smallest absolute Gasteiger partial charge is 0.220 e. The van der Waals surface area contributed by atoms with Crippen molar-refractivity contribution in [3.63, 3.8) is 0 Å². The van der Waals surface area contributed by atoms with Gasteiger partial charge in [0.2, 0.25) is 5.91 Å². The lowest BCUT2D eigenvalue weighted by Gasteiger charge is -2.12. The normalized spacial score (nSPS) is 15.7. The molecule has 1 saturated carbocycles. The van der Waals surface area contributed by atoms with Gasteiger partial charge in [-0.2, -0.15) is 0 Å². The highest BCUT2D eigenvalue weighted by Crippen LogP contribution is 2.28. The Hall–Kier alpha value is -1.39. The molecule has 1 aromatic rings. The highest BCUT2D eigenvalue weighted by molar-refractivity contribution is 5.75. The van der Waals surface area contributed by atoms with Crippen LogP contribution in [-0.2, 0) is 9.53 Å². The second-order valence-corrected chi connectivity index (χ2v) is 5.78. The topological polar surface area (TPSA) is 64.4 Å². The minimum Gasteiger partial charge on any atom is -0.381 e. The van der Waals surface area contributed by atoms with Gasteiger partial charge in [0.1, 0.15) is 0 Å². The predicted octanol–water partition coefficient (Wildman–Crippen LogP) is 2.40. The lowest BCUT2D eigenvalue weighted by atomic mass is 10.0. The molecule has 116 valence electrons. The van der Waals surface area contributed by atoms with Crippen LogP contribution in [0.15, 0.2) is 30.3 Å². The third-order valence-electron chi connectivity index (χ3n) is 3.75. The van der Waals surface area contributed by atoms with Crippen molar-refractivity contribution in [2.45, 2.75) is 38.1 Å². The standard InChI is InChI=1S/C17H26N2O2/c18-16(15-5-2-1-3-6-15)9-10-17(20)19-11-4-12-21-13-14-7-8-14/h1-3,5-6,14,16H,4,7-13,18H2,(H,19,20). The first-order valence-corrected chi connectivity index (χ1v) is 7.90. The molecule has 0 saturated heterocycles. The average molecular weight is 290 g/mol. The molecule has 1 aliphatic rings. The Labute approximate surface area is 127 Å². The Balaban J connectivity index is 1.48. The maximum Gasteiger partial charge on any atom is 0.220 e. The molecular weight excluding hydrogens is 264 g/mol. The summed E-state index contributed by atoms with van der Waals surface area (Å²) in [6.45, 7) is 2.31. The van der Waals surface area contributed by atoms with Gasteiger partial charge in [0.05, 0.1) is 0 Å². The molecule has 4 nitrogen and oxygen atoms in total. The van der Waals surface area contributed by atoms with Crippen LogP contribution in [0.5, 0.6) is 0 Å². The fourth-order valence-electron chi connectivity index (χ4n) is 2.18. The highest BCUT2D eigenvalue weighted by Gasteiger charge is 2.20. The molecule has 0 aromatic heterocycles. The maximum absolute atomic E-state index is 11.7. The van der Waals surface area contributed by atoms with Gasteiger partial charge in [0.25, 0.3) is 0 Å². The summed E-state index contributed by atoms with van der Waals surface area (Å²) in [7, 11) is 0. The molecule has 3 N–H and O–H groups in total. The van der Waals surface area contributed by atoms with Crippen LogP contribution in [0.4, 0.5) is 0 Å². The van der Waals surface area contributed by atoms with Gasteiger partial charge in [-0.15, -0.1) is 0 Å². The molecule has 0 radical (unpaired) electrons. The summed E-state index contributed by atoms with van der Waals surface area (Å²) >= 11 is 0. The van der Waals surface area contributed by atoms with E-state index in [1.165, 1.54) is 12.8 Å². The van der Waals surface area contributed by atoms with Crippen LogP contribution >= 0.6 is 0 Å². The Morgan fingerprint density at radius 3 is 2.81 bits per heavy atom. The molecular formula is C17H26N2O2. The van der Waals surface area contributed by atoms with Gasteiger partial charge < -0.3 is 15.8 Å². The van der Waals surface area contributed by atoms with E-state index in [1.54, 1.807) is 0 Å². The summed E-state index contributed by atoms with van der Waals surface area (Å²) < 4.78 is 5.52. The number of ether oxygens (including phenoxy) is 1. The Bertz CT molecular complexity index is 418. The predicted molar refractivity (Wildman–Crippen MR) is 83.8 cm³/mol. The van der Waals surface area contributed by atoms with E-state index >= 15 is 0 Å². The first-order valence-electron chi connectivity index (χ1n) is 7.90. The zero-order chi connectivity index (χ0) is 14.9. The van der Waals surface area contributed by atoms with Gasteiger partial charge >= 0.3 is 0 Å². The van der Waals surface area contributed by atoms with Crippen molar-refractivity contribution in [2.75, 3.05) is 19.8 Å². The van der Waals surface area contributed by atoms with Crippen molar-refractivity contribution in [2.24, 2.45) is 11.7 Å². The number of nitrogens with two attached hydrogens (primary N) is 1. The largest absolute Gasteiger partial charge is 0.381 e. The number of hydrogen-bond donors (Lipinski definition) is 2. The SMILES string of the molecule is NC(CCC(=O)NCCCOCC1CC1)c1ccccc1. The summed E-state index contributed by atoms with van der Waals surface area (Å²) in [6.07, 6.45) is 4.66. The molecule has 1 fully saturated rings. The van der Waals surface area contributed by atoms with Crippen molar-refractivity contribution in [3.8, 4) is 0 Å². The van der Waals surface area contributed by atoms with Crippen LogP contribution in [0, 0.1) is 5.92 Å². The molecule has 21 heavy (non-hydrogen) atoms. The molecule has 0 aliphatic heterocycles. The van der Waals surface area contributed by atoms with Crippen LogP contribution in [0.25, 0.3) is 0 Å². The third kappa shape index (κ3) is 6.74. The van der Waals surface area contributed by atoms with Crippen molar-refractivity contribution in [1.82, 2.24) is 5.32 Å². The Morgan fingerprint density at radius 1 is 1.33 bits per heavy atom. The van der Waals surface area contributed by atoms with E-state index < -0.39 is 0 Å². The first-order chi connectivity index (χ1) is 10.3. The van der Waals surface area contributed by atoms with Crippen LogP contribution in [0.1, 0.15) is 43.7 Å². The van der Waals surface area contributed by atoms with Gasteiger partial charge in [0.15, 0.2) is 0 Å². The van der Waals surface area contributed by atoms with E-state index in [0.29, 0.717) is 19.4 Å². The third-order valence-corrected chi connectivity index (χ3v) is 3.75. The van der Waals surface area contributed by atoms with E-state index in [0.717, 1.165) is 31.1 Å². The number of benzene rings is 1. The lowest BCUT2D eigenvalue weighted by molar-refractivity contribution is -0.121. The molecule has 4 heteroatoms. The second-order valence-electron chi connectivity index (χ2n) is 5.78. The van der Waals surface area contributed by atoms with E-state index in [1.807, 2.05) is 30.3 Å². The molecule has 2 rings (SSSR count). The number of carbonyl (C=O) groups is 1. The Kier molecular flexibility index (Phi) is 6.70. The van der Waals surface area contributed by atoms with Crippen LogP contribution in [0.2, 0.25) is 0 Å². The van der Waals surface area contributed by atoms with E-state index in [2.05, 4.69) is 5.32 Å². The second kappa shape index (κ2) is 8.80. The van der Waals surface area contributed by atoms with E-state index in [4.69, 9.17) is 10.5 Å². The van der Waals surface area contributed by atoms with Crippen LogP contribution < -0.4 is 11.1 Å². The summed E-state index contributed by atoms with van der Waals surface area (Å²) in [5.74, 6) is 0.877. The summed E-state index contributed by atoms with van der Waals surface area (Å²) in [5, 5.41) is 2.92. The van der Waals surface area contributed by atoms with E-state index in [-0.39, 0.29) is 11.9 Å². The number of nitrogens with one attached hydrogen (secondary N) is 1. The van der Waals surface area contributed by atoms with Gasteiger partial charge in [-0.25, -0.2) is 0 Å². The first kappa shape index (κ1) is 16.0. The maximum atomic E-state index is 11.7. The van der Waals surface area contributed by atoms with Crippen molar-refractivity contribution >= 4 is 5.91 Å². The molecule has 1 amide bonds. The van der Waals surface area contributed by atoms with Crippen LogP contribution in [0.3, 0.4) is 0 Å². The molecule has 1 aromatic carbocycles. The zero-order valence-electron chi connectivity index (χ0n) is 12.6. The van der Waals surface area contributed by atoms with Crippen molar-refractivity contribution in [1.29, 1.82) is 0 Å². The lowest BCUT2D eigenvalue weighted by Crippen LogP contribution is -2.26. The molecule has 1 aliphatic carbocycles.